The van der Waals surface area contributed by atoms with Crippen LogP contribution in [0.2, 0.25) is 0 Å². The lowest BCUT2D eigenvalue weighted by atomic mass is 9.91. The lowest BCUT2D eigenvalue weighted by Gasteiger charge is -2.25. The molecule has 8 heteroatoms. The summed E-state index contributed by atoms with van der Waals surface area (Å²) in [6, 6.07) is 7.57. The van der Waals surface area contributed by atoms with Gasteiger partial charge in [0.25, 0.3) is 0 Å². The number of hydrogen-bond donors (Lipinski definition) is 0. The summed E-state index contributed by atoms with van der Waals surface area (Å²) in [6.45, 7) is 2.21. The summed E-state index contributed by atoms with van der Waals surface area (Å²) < 4.78 is 44.6. The van der Waals surface area contributed by atoms with Crippen molar-refractivity contribution in [3.05, 3.63) is 78.3 Å². The summed E-state index contributed by atoms with van der Waals surface area (Å²) in [5.74, 6) is -2.01. The highest BCUT2D eigenvalue weighted by molar-refractivity contribution is 5.77. The van der Waals surface area contributed by atoms with Crippen LogP contribution in [0, 0.1) is 17.5 Å². The van der Waals surface area contributed by atoms with Gasteiger partial charge in [-0.3, -0.25) is 9.36 Å². The largest absolute Gasteiger partial charge is 0.268 e. The molecule has 0 aliphatic rings. The van der Waals surface area contributed by atoms with E-state index in [-0.39, 0.29) is 11.9 Å². The second kappa shape index (κ2) is 6.86. The Morgan fingerprint density at radius 2 is 1.81 bits per heavy atom. The molecule has 0 amide bonds. The van der Waals surface area contributed by atoms with Crippen molar-refractivity contribution in [2.75, 3.05) is 0 Å². The van der Waals surface area contributed by atoms with Crippen molar-refractivity contribution in [1.82, 2.24) is 24.5 Å². The van der Waals surface area contributed by atoms with Crippen molar-refractivity contribution >= 4 is 10.9 Å². The van der Waals surface area contributed by atoms with Gasteiger partial charge in [0, 0.05) is 23.6 Å². The minimum atomic E-state index is -0.635. The van der Waals surface area contributed by atoms with Crippen LogP contribution >= 0.6 is 0 Å². The third kappa shape index (κ3) is 3.42. The highest BCUT2D eigenvalue weighted by atomic mass is 19.1. The van der Waals surface area contributed by atoms with E-state index in [0.717, 1.165) is 6.07 Å². The summed E-state index contributed by atoms with van der Waals surface area (Å²) in [5, 5.41) is 9.23. The predicted octanol–water partition coefficient (Wildman–Crippen LogP) is 4.09. The number of benzene rings is 2. The molecular weight excluding hydrogens is 355 g/mol. The number of hydrogen-bond acceptors (Lipinski definition) is 3. The van der Waals surface area contributed by atoms with Gasteiger partial charge >= 0.3 is 0 Å². The number of halogens is 3. The predicted molar refractivity (Wildman–Crippen MR) is 93.5 cm³/mol. The molecule has 2 aromatic heterocycles. The molecular formula is C19H16F3N5. The topological polar surface area (TPSA) is 48.5 Å². The van der Waals surface area contributed by atoms with Crippen LogP contribution in [0.1, 0.15) is 24.4 Å². The Morgan fingerprint density at radius 1 is 1.04 bits per heavy atom. The molecule has 5 nitrogen and oxygen atoms in total. The minimum absolute atomic E-state index is 0.301. The smallest absolute Gasteiger partial charge is 0.137 e. The standard InChI is InChI=1S/C19H16F3N5/c1-12(27-8-13-6-14(20)3-5-19(13)25-27)17(9-26-11-23-10-24-26)16-4-2-15(21)7-18(16)22/h2-8,10-12,17H,9H2,1H3/t12-,17-/m1/s1. The Hall–Kier alpha value is -3.16. The van der Waals surface area contributed by atoms with Crippen molar-refractivity contribution in [3.63, 3.8) is 0 Å². The van der Waals surface area contributed by atoms with Gasteiger partial charge in [0.1, 0.15) is 30.1 Å². The summed E-state index contributed by atoms with van der Waals surface area (Å²) >= 11 is 0. The molecule has 0 aliphatic carbocycles. The lowest BCUT2D eigenvalue weighted by molar-refractivity contribution is 0.352. The molecule has 0 saturated carbocycles. The number of nitrogens with zero attached hydrogens (tertiary/aromatic N) is 5. The molecule has 0 aliphatic heterocycles. The molecule has 4 rings (SSSR count). The van der Waals surface area contributed by atoms with Crippen molar-refractivity contribution in [2.24, 2.45) is 0 Å². The minimum Gasteiger partial charge on any atom is -0.268 e. The fourth-order valence-electron chi connectivity index (χ4n) is 3.25. The zero-order chi connectivity index (χ0) is 19.0. The van der Waals surface area contributed by atoms with E-state index in [0.29, 0.717) is 23.0 Å². The highest BCUT2D eigenvalue weighted by Gasteiger charge is 2.26. The normalized spacial score (nSPS) is 13.8. The SMILES string of the molecule is C[C@H]([C@@H](Cn1cncn1)c1ccc(F)cc1F)n1cc2cc(F)ccc2n1. The Balaban J connectivity index is 1.75. The molecule has 2 heterocycles. The maximum absolute atomic E-state index is 14.5. The van der Waals surface area contributed by atoms with Gasteiger partial charge in [0.2, 0.25) is 0 Å². The van der Waals surface area contributed by atoms with Crippen molar-refractivity contribution in [1.29, 1.82) is 0 Å². The molecule has 0 saturated heterocycles. The van der Waals surface area contributed by atoms with E-state index in [4.69, 9.17) is 0 Å². The monoisotopic (exact) mass is 371 g/mol. The average Bonchev–Trinajstić information content (AvgIpc) is 3.28. The molecule has 0 bridgehead atoms. The van der Waals surface area contributed by atoms with E-state index in [1.165, 1.54) is 36.9 Å². The average molecular weight is 371 g/mol. The molecule has 0 spiro atoms. The number of rotatable bonds is 5. The van der Waals surface area contributed by atoms with Crippen molar-refractivity contribution < 1.29 is 13.2 Å². The molecule has 2 atom stereocenters. The van der Waals surface area contributed by atoms with Crippen LogP contribution in [-0.2, 0) is 6.54 Å². The fourth-order valence-corrected chi connectivity index (χ4v) is 3.25. The fraction of sp³-hybridized carbons (Fsp3) is 0.211. The van der Waals surface area contributed by atoms with Gasteiger partial charge in [-0.1, -0.05) is 6.07 Å². The van der Waals surface area contributed by atoms with E-state index < -0.39 is 17.6 Å². The molecule has 0 radical (unpaired) electrons. The van der Waals surface area contributed by atoms with E-state index >= 15 is 0 Å². The van der Waals surface area contributed by atoms with Crippen LogP contribution in [0.3, 0.4) is 0 Å². The highest BCUT2D eigenvalue weighted by Crippen LogP contribution is 2.32. The quantitative estimate of drug-likeness (QED) is 0.531. The number of fused-ring (bicyclic) bond motifs is 1. The van der Waals surface area contributed by atoms with Gasteiger partial charge in [-0.25, -0.2) is 18.2 Å². The van der Waals surface area contributed by atoms with E-state index in [2.05, 4.69) is 15.2 Å². The molecule has 0 N–H and O–H groups in total. The Bertz CT molecular complexity index is 1070. The summed E-state index contributed by atoms with van der Waals surface area (Å²) in [5.41, 5.74) is 0.993. The molecule has 138 valence electrons. The zero-order valence-electron chi connectivity index (χ0n) is 14.4. The van der Waals surface area contributed by atoms with Crippen molar-refractivity contribution in [3.8, 4) is 0 Å². The first kappa shape index (κ1) is 17.3. The first-order chi connectivity index (χ1) is 13.0. The van der Waals surface area contributed by atoms with Crippen LogP contribution in [0.15, 0.2) is 55.2 Å². The molecule has 27 heavy (non-hydrogen) atoms. The maximum atomic E-state index is 14.5. The first-order valence-corrected chi connectivity index (χ1v) is 8.43. The van der Waals surface area contributed by atoms with E-state index in [1.54, 1.807) is 21.6 Å². The van der Waals surface area contributed by atoms with Gasteiger partial charge < -0.3 is 0 Å². The summed E-state index contributed by atoms with van der Waals surface area (Å²) in [6.07, 6.45) is 4.66. The summed E-state index contributed by atoms with van der Waals surface area (Å²) in [7, 11) is 0. The molecule has 4 aromatic rings. The third-order valence-corrected chi connectivity index (χ3v) is 4.70. The second-order valence-electron chi connectivity index (χ2n) is 6.44. The van der Waals surface area contributed by atoms with Gasteiger partial charge in [-0.05, 0) is 36.8 Å². The molecule has 0 fully saturated rings. The van der Waals surface area contributed by atoms with Crippen molar-refractivity contribution in [2.45, 2.75) is 25.4 Å². The van der Waals surface area contributed by atoms with Gasteiger partial charge in [0.05, 0.1) is 18.1 Å². The molecule has 0 unspecified atom stereocenters. The first-order valence-electron chi connectivity index (χ1n) is 8.43. The van der Waals surface area contributed by atoms with Gasteiger partial charge in [-0.2, -0.15) is 10.2 Å². The van der Waals surface area contributed by atoms with Crippen LogP contribution in [0.5, 0.6) is 0 Å². The van der Waals surface area contributed by atoms with Crippen LogP contribution in [0.25, 0.3) is 10.9 Å². The number of aromatic nitrogens is 5. The van der Waals surface area contributed by atoms with Crippen LogP contribution in [-0.4, -0.2) is 24.5 Å². The Morgan fingerprint density at radius 3 is 2.56 bits per heavy atom. The van der Waals surface area contributed by atoms with Gasteiger partial charge in [0.15, 0.2) is 0 Å². The zero-order valence-corrected chi connectivity index (χ0v) is 14.4. The Kier molecular flexibility index (Phi) is 4.39. The third-order valence-electron chi connectivity index (χ3n) is 4.70. The molecule has 2 aromatic carbocycles. The Labute approximate surface area is 153 Å². The maximum Gasteiger partial charge on any atom is 0.137 e. The van der Waals surface area contributed by atoms with E-state index in [9.17, 15) is 13.2 Å². The van der Waals surface area contributed by atoms with Crippen LogP contribution < -0.4 is 0 Å². The van der Waals surface area contributed by atoms with Gasteiger partial charge in [-0.15, -0.1) is 0 Å². The van der Waals surface area contributed by atoms with E-state index in [1.807, 2.05) is 6.92 Å². The second-order valence-corrected chi connectivity index (χ2v) is 6.44. The summed E-state index contributed by atoms with van der Waals surface area (Å²) in [4.78, 5) is 3.92. The lowest BCUT2D eigenvalue weighted by Crippen LogP contribution is -2.22. The van der Waals surface area contributed by atoms with Crippen LogP contribution in [0.4, 0.5) is 13.2 Å².